The SMILES string of the molecule is CCO.[C-]#N.[Na+]. The van der Waals surface area contributed by atoms with E-state index in [1.165, 1.54) is 0 Å². The number of aliphatic hydroxyl groups is 1. The van der Waals surface area contributed by atoms with Crippen LogP contribution in [-0.4, -0.2) is 11.7 Å². The molecule has 0 rings (SSSR count). The van der Waals surface area contributed by atoms with E-state index in [2.05, 4.69) is 0 Å². The second kappa shape index (κ2) is 51.3. The molecule has 0 radical (unpaired) electrons. The van der Waals surface area contributed by atoms with Crippen molar-refractivity contribution in [3.63, 3.8) is 0 Å². The van der Waals surface area contributed by atoms with Gasteiger partial charge in [-0.25, -0.2) is 0 Å². The molecular weight excluding hydrogens is 89.0 g/mol. The molecule has 30 valence electrons. The molecule has 0 aromatic carbocycles. The molecule has 0 aliphatic heterocycles. The van der Waals surface area contributed by atoms with Gasteiger partial charge in [-0.05, 0) is 6.92 Å². The summed E-state index contributed by atoms with van der Waals surface area (Å²) in [5.41, 5.74) is 0. The van der Waals surface area contributed by atoms with Gasteiger partial charge in [-0.2, -0.15) is 0 Å². The Labute approximate surface area is 60.1 Å². The van der Waals surface area contributed by atoms with E-state index in [0.717, 1.165) is 0 Å². The first-order valence-corrected chi connectivity index (χ1v) is 1.25. The molecule has 6 heavy (non-hydrogen) atoms. The molecular formula is C3H6NNaO. The molecule has 0 aliphatic rings. The minimum atomic E-state index is 0. The Kier molecular flexibility index (Phi) is 138. The largest absolute Gasteiger partial charge is 1.00 e. The zero-order chi connectivity index (χ0) is 4.71. The number of nitrogens with zero attached hydrogens (tertiary/aromatic N) is 1. The fourth-order valence-electron chi connectivity index (χ4n) is 0. The zero-order valence-electron chi connectivity index (χ0n) is 4.10. The van der Waals surface area contributed by atoms with E-state index in [0.29, 0.717) is 0 Å². The molecule has 0 atom stereocenters. The van der Waals surface area contributed by atoms with Crippen molar-refractivity contribution in [1.29, 1.82) is 5.26 Å². The van der Waals surface area contributed by atoms with E-state index in [-0.39, 0.29) is 36.2 Å². The average Bonchev–Trinajstić information content (AvgIpc) is 1.46. The van der Waals surface area contributed by atoms with E-state index in [1.807, 2.05) is 0 Å². The minimum absolute atomic E-state index is 0. The Balaban J connectivity index is -0.0000000275. The normalized spacial score (nSPS) is 3.33. The van der Waals surface area contributed by atoms with Crippen molar-refractivity contribution in [3.8, 4) is 0 Å². The second-order valence-electron chi connectivity index (χ2n) is 0.316. The van der Waals surface area contributed by atoms with Crippen LogP contribution in [0.1, 0.15) is 6.92 Å². The van der Waals surface area contributed by atoms with E-state index in [9.17, 15) is 0 Å². The third-order valence-corrected chi connectivity index (χ3v) is 0. The summed E-state index contributed by atoms with van der Waals surface area (Å²) < 4.78 is 0. The maximum Gasteiger partial charge on any atom is 1.00 e. The fourth-order valence-corrected chi connectivity index (χ4v) is 0. The molecule has 0 spiro atoms. The molecule has 0 aromatic heterocycles. The predicted molar refractivity (Wildman–Crippen MR) is 17.7 cm³/mol. The van der Waals surface area contributed by atoms with Gasteiger partial charge in [0.15, 0.2) is 0 Å². The van der Waals surface area contributed by atoms with Crippen LogP contribution in [0.15, 0.2) is 0 Å². The van der Waals surface area contributed by atoms with Gasteiger partial charge in [-0.3, -0.25) is 0 Å². The van der Waals surface area contributed by atoms with Gasteiger partial charge in [0.1, 0.15) is 0 Å². The molecule has 0 heterocycles. The van der Waals surface area contributed by atoms with E-state index in [1.54, 1.807) is 6.92 Å². The zero-order valence-corrected chi connectivity index (χ0v) is 6.10. The number of aliphatic hydroxyl groups excluding tert-OH is 1. The first-order valence-electron chi connectivity index (χ1n) is 1.25. The summed E-state index contributed by atoms with van der Waals surface area (Å²) in [5, 5.41) is 13.8. The summed E-state index contributed by atoms with van der Waals surface area (Å²) in [6, 6.07) is 0. The average molecular weight is 95.1 g/mol. The maximum atomic E-state index is 7.57. The van der Waals surface area contributed by atoms with Crippen LogP contribution in [-0.2, 0) is 0 Å². The molecule has 2 nitrogen and oxygen atoms in total. The molecule has 0 aliphatic carbocycles. The Hall–Kier alpha value is 0.450. The summed E-state index contributed by atoms with van der Waals surface area (Å²) in [5.74, 6) is 0. The van der Waals surface area contributed by atoms with Crippen molar-refractivity contribution in [2.75, 3.05) is 6.61 Å². The van der Waals surface area contributed by atoms with Gasteiger partial charge >= 0.3 is 29.6 Å². The molecule has 0 aromatic rings. The number of rotatable bonds is 0. The monoisotopic (exact) mass is 95.0 g/mol. The van der Waals surface area contributed by atoms with Crippen molar-refractivity contribution in [1.82, 2.24) is 0 Å². The molecule has 0 fully saturated rings. The van der Waals surface area contributed by atoms with Crippen LogP contribution in [0.5, 0.6) is 0 Å². The van der Waals surface area contributed by atoms with Crippen molar-refractivity contribution in [2.24, 2.45) is 0 Å². The van der Waals surface area contributed by atoms with Crippen molar-refractivity contribution in [2.45, 2.75) is 6.92 Å². The fraction of sp³-hybridized carbons (Fsp3) is 0.667. The van der Waals surface area contributed by atoms with E-state index >= 15 is 0 Å². The molecule has 3 heteroatoms. The summed E-state index contributed by atoms with van der Waals surface area (Å²) in [4.78, 5) is 0. The van der Waals surface area contributed by atoms with Crippen molar-refractivity contribution < 1.29 is 34.7 Å². The van der Waals surface area contributed by atoms with Crippen LogP contribution in [0.25, 0.3) is 0 Å². The van der Waals surface area contributed by atoms with Gasteiger partial charge in [0.05, 0.1) is 0 Å². The van der Waals surface area contributed by atoms with Crippen LogP contribution < -0.4 is 29.6 Å². The summed E-state index contributed by atoms with van der Waals surface area (Å²) in [6.45, 7) is 6.68. The standard InChI is InChI=1S/C2H6O.CN.Na/c1-2-3;1-2;/h3H,2H2,1H3;;/q;-1;+1. The first-order chi connectivity index (χ1) is 2.41. The summed E-state index contributed by atoms with van der Waals surface area (Å²) in [7, 11) is 0. The third-order valence-electron chi connectivity index (χ3n) is 0. The van der Waals surface area contributed by atoms with Gasteiger partial charge in [0.2, 0.25) is 0 Å². The number of hydrogen-bond acceptors (Lipinski definition) is 2. The van der Waals surface area contributed by atoms with E-state index < -0.39 is 0 Å². The van der Waals surface area contributed by atoms with Gasteiger partial charge in [0, 0.05) is 6.61 Å². The smallest absolute Gasteiger partial charge is 0.512 e. The minimum Gasteiger partial charge on any atom is -0.512 e. The molecule has 0 unspecified atom stereocenters. The van der Waals surface area contributed by atoms with Crippen LogP contribution in [0.3, 0.4) is 0 Å². The Morgan fingerprint density at radius 2 is 1.67 bits per heavy atom. The van der Waals surface area contributed by atoms with Gasteiger partial charge in [-0.15, -0.1) is 0 Å². The molecule has 0 saturated heterocycles. The maximum absolute atomic E-state index is 7.57. The third kappa shape index (κ3) is 262. The quantitative estimate of drug-likeness (QED) is 0.259. The Bertz CT molecular complexity index is 22.0. The van der Waals surface area contributed by atoms with Gasteiger partial charge in [-0.1, -0.05) is 0 Å². The van der Waals surface area contributed by atoms with Crippen LogP contribution in [0, 0.1) is 11.8 Å². The van der Waals surface area contributed by atoms with Gasteiger partial charge in [0.25, 0.3) is 0 Å². The Morgan fingerprint density at radius 1 is 1.67 bits per heavy atom. The van der Waals surface area contributed by atoms with Crippen molar-refractivity contribution >= 4 is 0 Å². The van der Waals surface area contributed by atoms with Crippen molar-refractivity contribution in [3.05, 3.63) is 6.57 Å². The molecule has 1 N–H and O–H groups in total. The van der Waals surface area contributed by atoms with E-state index in [4.69, 9.17) is 16.9 Å². The molecule has 0 saturated carbocycles. The van der Waals surface area contributed by atoms with Crippen LogP contribution >= 0.6 is 0 Å². The number of hydrogen-bond donors (Lipinski definition) is 1. The summed E-state index contributed by atoms with van der Waals surface area (Å²) in [6.07, 6.45) is 0. The Morgan fingerprint density at radius 3 is 1.67 bits per heavy atom. The second-order valence-corrected chi connectivity index (χ2v) is 0.316. The van der Waals surface area contributed by atoms with Gasteiger partial charge < -0.3 is 16.9 Å². The molecule has 0 bridgehead atoms. The van der Waals surface area contributed by atoms with Crippen LogP contribution in [0.4, 0.5) is 0 Å². The van der Waals surface area contributed by atoms with Crippen LogP contribution in [0.2, 0.25) is 0 Å². The predicted octanol–water partition coefficient (Wildman–Crippen LogP) is -2.90. The topological polar surface area (TPSA) is 44.0 Å². The summed E-state index contributed by atoms with van der Waals surface area (Å²) >= 11 is 0. The first kappa shape index (κ1) is 16.1. The molecule has 0 amide bonds.